The highest BCUT2D eigenvalue weighted by atomic mass is 16.4. The van der Waals surface area contributed by atoms with Gasteiger partial charge in [0.05, 0.1) is 13.6 Å². The van der Waals surface area contributed by atoms with Crippen molar-refractivity contribution in [3.8, 4) is 0 Å². The zero-order valence-corrected chi connectivity index (χ0v) is 9.48. The lowest BCUT2D eigenvalue weighted by Crippen LogP contribution is -2.38. The molecule has 0 aliphatic heterocycles. The summed E-state index contributed by atoms with van der Waals surface area (Å²) in [6, 6.07) is 0. The van der Waals surface area contributed by atoms with Crippen LogP contribution in [0.1, 0.15) is 40.1 Å². The summed E-state index contributed by atoms with van der Waals surface area (Å²) in [7, 11) is 1.53. The lowest BCUT2D eigenvalue weighted by atomic mass is 10.3. The van der Waals surface area contributed by atoms with Crippen molar-refractivity contribution in [3.05, 3.63) is 17.2 Å². The van der Waals surface area contributed by atoms with Crippen molar-refractivity contribution in [2.45, 2.75) is 26.8 Å². The summed E-state index contributed by atoms with van der Waals surface area (Å²) in [5, 5.41) is 20.0. The Bertz CT molecular complexity index is 448. The van der Waals surface area contributed by atoms with Gasteiger partial charge < -0.3 is 15.0 Å². The van der Waals surface area contributed by atoms with Crippen LogP contribution in [0.2, 0.25) is 0 Å². The van der Waals surface area contributed by atoms with Crippen molar-refractivity contribution >= 4 is 11.9 Å². The third-order valence-corrected chi connectivity index (χ3v) is 2.55. The second-order valence-corrected chi connectivity index (χ2v) is 3.55. The fourth-order valence-electron chi connectivity index (χ4n) is 1.74. The number of aromatic nitrogens is 2. The van der Waals surface area contributed by atoms with E-state index in [0.717, 1.165) is 6.42 Å². The minimum Gasteiger partial charge on any atom is -0.541 e. The van der Waals surface area contributed by atoms with Crippen LogP contribution < -0.4 is 9.67 Å². The lowest BCUT2D eigenvalue weighted by molar-refractivity contribution is -0.679. The normalized spacial score (nSPS) is 10.4. The molecule has 16 heavy (non-hydrogen) atoms. The monoisotopic (exact) mass is 226 g/mol. The van der Waals surface area contributed by atoms with E-state index in [-0.39, 0.29) is 11.4 Å². The molecule has 0 spiro atoms. The van der Waals surface area contributed by atoms with Gasteiger partial charge in [-0.05, 0) is 6.42 Å². The first-order valence-corrected chi connectivity index (χ1v) is 4.95. The Balaban J connectivity index is 3.55. The molecule has 6 nitrogen and oxygen atoms in total. The number of aromatic carboxylic acids is 2. The summed E-state index contributed by atoms with van der Waals surface area (Å²) in [6.07, 6.45) is 0.717. The fraction of sp³-hybridized carbons (Fsp3) is 0.500. The second-order valence-electron chi connectivity index (χ2n) is 3.55. The highest BCUT2D eigenvalue weighted by Crippen LogP contribution is 2.10. The van der Waals surface area contributed by atoms with Gasteiger partial charge in [-0.15, -0.1) is 0 Å². The summed E-state index contributed by atoms with van der Waals surface area (Å²) >= 11 is 0. The van der Waals surface area contributed by atoms with E-state index in [1.807, 2.05) is 6.92 Å². The maximum Gasteiger partial charge on any atom is 0.380 e. The van der Waals surface area contributed by atoms with E-state index in [1.165, 1.54) is 16.2 Å². The van der Waals surface area contributed by atoms with Crippen molar-refractivity contribution in [2.75, 3.05) is 0 Å². The molecule has 1 N–H and O–H groups in total. The van der Waals surface area contributed by atoms with Gasteiger partial charge in [0, 0.05) is 6.92 Å². The highest BCUT2D eigenvalue weighted by molar-refractivity contribution is 5.97. The van der Waals surface area contributed by atoms with Gasteiger partial charge >= 0.3 is 5.97 Å². The average Bonchev–Trinajstić information content (AvgIpc) is 2.43. The standard InChI is InChI=1S/C10H14N2O4/c1-4-5-12-6(2)11(3)7(9(13)14)8(12)10(15)16/h4-5H2,1-3H3,(H-,13,14,15,16). The van der Waals surface area contributed by atoms with Gasteiger partial charge in [0.15, 0.2) is 0 Å². The third kappa shape index (κ3) is 1.78. The largest absolute Gasteiger partial charge is 0.541 e. The molecular weight excluding hydrogens is 212 g/mol. The number of hydrogen-bond acceptors (Lipinski definition) is 3. The average molecular weight is 226 g/mol. The van der Waals surface area contributed by atoms with Gasteiger partial charge in [-0.2, -0.15) is 0 Å². The number of carbonyl (C=O) groups excluding carboxylic acids is 1. The summed E-state index contributed by atoms with van der Waals surface area (Å²) in [5.41, 5.74) is -0.514. The van der Waals surface area contributed by atoms with E-state index in [4.69, 9.17) is 5.11 Å². The molecular formula is C10H14N2O4. The van der Waals surface area contributed by atoms with Crippen molar-refractivity contribution in [1.29, 1.82) is 0 Å². The predicted octanol–water partition coefficient (Wildman–Crippen LogP) is -0.907. The van der Waals surface area contributed by atoms with Crippen LogP contribution in [-0.2, 0) is 13.6 Å². The second kappa shape index (κ2) is 4.34. The van der Waals surface area contributed by atoms with Crippen LogP contribution in [0.3, 0.4) is 0 Å². The SMILES string of the molecule is CCCn1c(C(=O)[O-])c(C(=O)O)[n+](C)c1C. The minimum absolute atomic E-state index is 0.244. The van der Waals surface area contributed by atoms with Gasteiger partial charge in [0.1, 0.15) is 5.97 Å². The topological polar surface area (TPSA) is 86.2 Å². The molecule has 88 valence electrons. The van der Waals surface area contributed by atoms with Crippen LogP contribution in [-0.4, -0.2) is 21.6 Å². The Morgan fingerprint density at radius 3 is 2.44 bits per heavy atom. The van der Waals surface area contributed by atoms with Crippen molar-refractivity contribution in [3.63, 3.8) is 0 Å². The molecule has 0 atom stereocenters. The molecule has 1 aromatic heterocycles. The third-order valence-electron chi connectivity index (χ3n) is 2.55. The van der Waals surface area contributed by atoms with E-state index in [9.17, 15) is 14.7 Å². The molecule has 0 radical (unpaired) electrons. The maximum atomic E-state index is 11.0. The van der Waals surface area contributed by atoms with Crippen molar-refractivity contribution in [2.24, 2.45) is 7.05 Å². The molecule has 1 heterocycles. The number of imidazole rings is 1. The predicted molar refractivity (Wildman–Crippen MR) is 51.9 cm³/mol. The first-order chi connectivity index (χ1) is 7.41. The minimum atomic E-state index is -1.46. The molecule has 0 aliphatic rings. The molecule has 0 saturated heterocycles. The van der Waals surface area contributed by atoms with Gasteiger partial charge in [-0.1, -0.05) is 6.92 Å². The maximum absolute atomic E-state index is 11.0. The van der Waals surface area contributed by atoms with Crippen LogP contribution in [0.5, 0.6) is 0 Å². The Morgan fingerprint density at radius 1 is 1.50 bits per heavy atom. The summed E-state index contributed by atoms with van der Waals surface area (Å²) in [6.45, 7) is 4.02. The Morgan fingerprint density at radius 2 is 2.06 bits per heavy atom. The van der Waals surface area contributed by atoms with Crippen LogP contribution in [0.15, 0.2) is 0 Å². The fourth-order valence-corrected chi connectivity index (χ4v) is 1.74. The molecule has 1 aromatic rings. The Kier molecular flexibility index (Phi) is 3.31. The number of carboxylic acid groups (broad SMARTS) is 2. The number of carboxylic acids is 2. The molecule has 0 amide bonds. The lowest BCUT2D eigenvalue weighted by Gasteiger charge is -2.02. The van der Waals surface area contributed by atoms with E-state index in [0.29, 0.717) is 12.4 Å². The van der Waals surface area contributed by atoms with E-state index >= 15 is 0 Å². The van der Waals surface area contributed by atoms with Crippen LogP contribution in [0.25, 0.3) is 0 Å². The van der Waals surface area contributed by atoms with Crippen LogP contribution in [0.4, 0.5) is 0 Å². The smallest absolute Gasteiger partial charge is 0.380 e. The van der Waals surface area contributed by atoms with Crippen LogP contribution >= 0.6 is 0 Å². The molecule has 0 bridgehead atoms. The summed E-state index contributed by atoms with van der Waals surface area (Å²) < 4.78 is 2.81. The number of hydrogen-bond donors (Lipinski definition) is 1. The van der Waals surface area contributed by atoms with Gasteiger partial charge in [0.2, 0.25) is 5.69 Å². The molecule has 0 saturated carbocycles. The van der Waals surface area contributed by atoms with Gasteiger partial charge in [0.25, 0.3) is 11.5 Å². The number of rotatable bonds is 4. The molecule has 0 aromatic carbocycles. The van der Waals surface area contributed by atoms with Crippen molar-refractivity contribution < 1.29 is 24.4 Å². The van der Waals surface area contributed by atoms with Crippen molar-refractivity contribution in [1.82, 2.24) is 4.57 Å². The summed E-state index contributed by atoms with van der Waals surface area (Å²) in [4.78, 5) is 22.0. The Hall–Kier alpha value is -1.85. The van der Waals surface area contributed by atoms with E-state index in [1.54, 1.807) is 6.92 Å². The number of nitrogens with zero attached hydrogens (tertiary/aromatic N) is 2. The zero-order chi connectivity index (χ0) is 12.5. The zero-order valence-electron chi connectivity index (χ0n) is 9.48. The highest BCUT2D eigenvalue weighted by Gasteiger charge is 2.30. The van der Waals surface area contributed by atoms with Gasteiger partial charge in [-0.25, -0.2) is 13.9 Å². The molecule has 0 fully saturated rings. The molecule has 1 rings (SSSR count). The number of carbonyl (C=O) groups is 2. The summed E-state index contributed by atoms with van der Waals surface area (Å²) in [5.74, 6) is -2.15. The first-order valence-electron chi connectivity index (χ1n) is 4.95. The van der Waals surface area contributed by atoms with Crippen LogP contribution in [0, 0.1) is 6.92 Å². The van der Waals surface area contributed by atoms with Gasteiger partial charge in [-0.3, -0.25) is 0 Å². The first kappa shape index (κ1) is 12.2. The van der Waals surface area contributed by atoms with E-state index in [2.05, 4.69) is 0 Å². The Labute approximate surface area is 92.7 Å². The molecule has 0 aliphatic carbocycles. The van der Waals surface area contributed by atoms with E-state index < -0.39 is 11.9 Å². The quantitative estimate of drug-likeness (QED) is 0.673. The molecule has 6 heteroatoms. The molecule has 0 unspecified atom stereocenters.